The molecule has 0 aliphatic carbocycles. The Labute approximate surface area is 151 Å². The lowest BCUT2D eigenvalue weighted by molar-refractivity contribution is -0.385. The van der Waals surface area contributed by atoms with Crippen molar-refractivity contribution < 1.29 is 9.72 Å². The number of nitrogens with zero attached hydrogens (tertiary/aromatic N) is 2. The molecule has 0 bridgehead atoms. The van der Waals surface area contributed by atoms with Gasteiger partial charge in [-0.25, -0.2) is 0 Å². The van der Waals surface area contributed by atoms with E-state index in [0.29, 0.717) is 11.3 Å². The number of anilines is 1. The number of benzene rings is 2. The molecule has 6 nitrogen and oxygen atoms in total. The second kappa shape index (κ2) is 8.40. The highest BCUT2D eigenvalue weighted by molar-refractivity contribution is 6.06. The van der Waals surface area contributed by atoms with Gasteiger partial charge in [-0.3, -0.25) is 14.9 Å². The van der Waals surface area contributed by atoms with Gasteiger partial charge < -0.3 is 5.32 Å². The molecule has 0 radical (unpaired) electrons. The number of amides is 1. The minimum absolute atomic E-state index is 0.0461. The summed E-state index contributed by atoms with van der Waals surface area (Å²) in [6.07, 6.45) is 4.26. The zero-order valence-electron chi connectivity index (χ0n) is 14.4. The van der Waals surface area contributed by atoms with E-state index in [2.05, 4.69) is 5.32 Å². The first-order valence-electron chi connectivity index (χ1n) is 7.83. The number of carbonyl (C=O) groups is 1. The van der Waals surface area contributed by atoms with Gasteiger partial charge in [0, 0.05) is 11.8 Å². The number of hydrogen-bond acceptors (Lipinski definition) is 4. The predicted molar refractivity (Wildman–Crippen MR) is 100 cm³/mol. The topological polar surface area (TPSA) is 96.0 Å². The lowest BCUT2D eigenvalue weighted by Crippen LogP contribution is -2.13. The molecule has 0 aliphatic rings. The van der Waals surface area contributed by atoms with Crippen LogP contribution in [-0.4, -0.2) is 10.8 Å². The van der Waals surface area contributed by atoms with Gasteiger partial charge in [0.25, 0.3) is 11.6 Å². The summed E-state index contributed by atoms with van der Waals surface area (Å²) in [5, 5.41) is 22.8. The largest absolute Gasteiger partial charge is 0.321 e. The van der Waals surface area contributed by atoms with Crippen molar-refractivity contribution >= 4 is 23.4 Å². The summed E-state index contributed by atoms with van der Waals surface area (Å²) < 4.78 is 0. The van der Waals surface area contributed by atoms with Crippen LogP contribution in [0.15, 0.2) is 60.2 Å². The number of para-hydroxylation sites is 1. The minimum atomic E-state index is -0.539. The number of allylic oxidation sites excluding steroid dienone is 2. The van der Waals surface area contributed by atoms with Crippen LogP contribution in [0.2, 0.25) is 0 Å². The Kier molecular flexibility index (Phi) is 6.01. The van der Waals surface area contributed by atoms with Crippen molar-refractivity contribution in [2.24, 2.45) is 0 Å². The van der Waals surface area contributed by atoms with Crippen LogP contribution < -0.4 is 5.32 Å². The van der Waals surface area contributed by atoms with E-state index in [1.807, 2.05) is 32.0 Å². The molecule has 0 unspecified atom stereocenters. The highest BCUT2D eigenvalue weighted by Gasteiger charge is 2.10. The molecule has 0 fully saturated rings. The molecule has 1 N–H and O–H groups in total. The molecule has 0 atom stereocenters. The smallest absolute Gasteiger partial charge is 0.276 e. The highest BCUT2D eigenvalue weighted by Crippen LogP contribution is 2.19. The Morgan fingerprint density at radius 3 is 2.58 bits per heavy atom. The van der Waals surface area contributed by atoms with E-state index in [1.165, 1.54) is 24.3 Å². The molecular formula is C20H17N3O3. The monoisotopic (exact) mass is 347 g/mol. The molecule has 26 heavy (non-hydrogen) atoms. The van der Waals surface area contributed by atoms with Crippen LogP contribution in [0.25, 0.3) is 6.08 Å². The summed E-state index contributed by atoms with van der Waals surface area (Å²) in [4.78, 5) is 22.7. The second-order valence-corrected chi connectivity index (χ2v) is 5.62. The zero-order valence-corrected chi connectivity index (χ0v) is 14.4. The summed E-state index contributed by atoms with van der Waals surface area (Å²) in [6, 6.07) is 13.5. The van der Waals surface area contributed by atoms with Crippen molar-refractivity contribution in [2.75, 3.05) is 5.32 Å². The Morgan fingerprint density at radius 1 is 1.19 bits per heavy atom. The summed E-state index contributed by atoms with van der Waals surface area (Å²) in [5.74, 6) is -0.539. The van der Waals surface area contributed by atoms with Crippen molar-refractivity contribution in [3.05, 3.63) is 87.0 Å². The maximum atomic E-state index is 12.2. The Balaban J connectivity index is 2.17. The van der Waals surface area contributed by atoms with Gasteiger partial charge >= 0.3 is 0 Å². The third-order valence-corrected chi connectivity index (χ3v) is 3.80. The maximum absolute atomic E-state index is 12.2. The Hall–Kier alpha value is -3.72. The van der Waals surface area contributed by atoms with Crippen LogP contribution in [0, 0.1) is 35.3 Å². The van der Waals surface area contributed by atoms with E-state index in [1.54, 1.807) is 24.3 Å². The Bertz CT molecular complexity index is 953. The molecule has 6 heteroatoms. The molecule has 2 aromatic rings. The lowest BCUT2D eigenvalue weighted by Gasteiger charge is -2.06. The first-order chi connectivity index (χ1) is 12.4. The van der Waals surface area contributed by atoms with Gasteiger partial charge in [0.15, 0.2) is 0 Å². The maximum Gasteiger partial charge on any atom is 0.276 e. The highest BCUT2D eigenvalue weighted by atomic mass is 16.6. The van der Waals surface area contributed by atoms with Crippen molar-refractivity contribution in [2.45, 2.75) is 13.8 Å². The molecule has 0 saturated heterocycles. The van der Waals surface area contributed by atoms with Crippen LogP contribution in [0.5, 0.6) is 0 Å². The zero-order chi connectivity index (χ0) is 19.1. The molecular weight excluding hydrogens is 330 g/mol. The summed E-state index contributed by atoms with van der Waals surface area (Å²) in [5.41, 5.74) is 2.98. The number of nitro groups is 1. The molecule has 130 valence electrons. The van der Waals surface area contributed by atoms with E-state index in [-0.39, 0.29) is 11.3 Å². The van der Waals surface area contributed by atoms with E-state index < -0.39 is 10.8 Å². The number of rotatable bonds is 5. The van der Waals surface area contributed by atoms with Gasteiger partial charge in [0.05, 0.1) is 10.5 Å². The van der Waals surface area contributed by atoms with Crippen LogP contribution in [0.4, 0.5) is 11.4 Å². The number of aryl methyl sites for hydroxylation is 2. The van der Waals surface area contributed by atoms with Gasteiger partial charge in [0.1, 0.15) is 11.6 Å². The molecule has 2 aromatic carbocycles. The molecule has 0 aliphatic heterocycles. The fourth-order valence-corrected chi connectivity index (χ4v) is 2.22. The normalized spacial score (nSPS) is 11.2. The summed E-state index contributed by atoms with van der Waals surface area (Å²) in [6.45, 7) is 3.90. The first kappa shape index (κ1) is 18.6. The third kappa shape index (κ3) is 4.65. The third-order valence-electron chi connectivity index (χ3n) is 3.80. The molecule has 0 saturated carbocycles. The number of nitriles is 1. The number of nitro benzene ring substituents is 1. The number of carbonyl (C=O) groups excluding carboxylic acids is 1. The fraction of sp³-hybridized carbons (Fsp3) is 0.100. The lowest BCUT2D eigenvalue weighted by atomic mass is 10.1. The van der Waals surface area contributed by atoms with Gasteiger partial charge in [-0.05, 0) is 55.3 Å². The van der Waals surface area contributed by atoms with Crippen LogP contribution in [0.1, 0.15) is 16.7 Å². The predicted octanol–water partition coefficient (Wildman–Crippen LogP) is 4.31. The van der Waals surface area contributed by atoms with Crippen LogP contribution in [0.3, 0.4) is 0 Å². The molecule has 2 rings (SSSR count). The van der Waals surface area contributed by atoms with Gasteiger partial charge in [-0.15, -0.1) is 0 Å². The van der Waals surface area contributed by atoms with E-state index in [4.69, 9.17) is 0 Å². The quantitative estimate of drug-likeness (QED) is 0.286. The van der Waals surface area contributed by atoms with Crippen molar-refractivity contribution in [3.8, 4) is 6.07 Å². The van der Waals surface area contributed by atoms with Gasteiger partial charge in [-0.2, -0.15) is 5.26 Å². The molecule has 0 heterocycles. The SMILES string of the molecule is Cc1ccc(NC(=O)/C(C#N)=C/C=C/c2ccccc2[N+](=O)[O-])cc1C. The van der Waals surface area contributed by atoms with Crippen molar-refractivity contribution in [1.82, 2.24) is 0 Å². The Morgan fingerprint density at radius 2 is 1.92 bits per heavy atom. The summed E-state index contributed by atoms with van der Waals surface area (Å²) in [7, 11) is 0. The van der Waals surface area contributed by atoms with E-state index in [9.17, 15) is 20.2 Å². The molecule has 1 amide bonds. The van der Waals surface area contributed by atoms with Crippen molar-refractivity contribution in [1.29, 1.82) is 5.26 Å². The van der Waals surface area contributed by atoms with Crippen LogP contribution >= 0.6 is 0 Å². The average Bonchev–Trinajstić information content (AvgIpc) is 2.62. The minimum Gasteiger partial charge on any atom is -0.321 e. The average molecular weight is 347 g/mol. The standard InChI is InChI=1S/C20H17N3O3/c1-14-10-11-18(12-15(14)2)22-20(24)17(13-21)8-5-7-16-6-3-4-9-19(16)23(25)26/h3-12H,1-2H3,(H,22,24)/b7-5+,17-8+. The van der Waals surface area contributed by atoms with E-state index >= 15 is 0 Å². The molecule has 0 spiro atoms. The van der Waals surface area contributed by atoms with Crippen molar-refractivity contribution in [3.63, 3.8) is 0 Å². The van der Waals surface area contributed by atoms with E-state index in [0.717, 1.165) is 11.1 Å². The van der Waals surface area contributed by atoms with Gasteiger partial charge in [-0.1, -0.05) is 24.3 Å². The number of nitrogens with one attached hydrogen (secondary N) is 1. The fourth-order valence-electron chi connectivity index (χ4n) is 2.22. The van der Waals surface area contributed by atoms with Gasteiger partial charge in [0.2, 0.25) is 0 Å². The summed E-state index contributed by atoms with van der Waals surface area (Å²) >= 11 is 0. The second-order valence-electron chi connectivity index (χ2n) is 5.62. The molecule has 0 aromatic heterocycles. The number of hydrogen-bond donors (Lipinski definition) is 1. The van der Waals surface area contributed by atoms with Crippen LogP contribution in [-0.2, 0) is 4.79 Å². The first-order valence-corrected chi connectivity index (χ1v) is 7.83.